The van der Waals surface area contributed by atoms with E-state index in [9.17, 15) is 4.79 Å². The average molecular weight is 206 g/mol. The van der Waals surface area contributed by atoms with Gasteiger partial charge in [0, 0.05) is 10.9 Å². The molecule has 0 spiro atoms. The molecule has 0 aliphatic rings. The molecule has 1 heterocycles. The van der Waals surface area contributed by atoms with Crippen LogP contribution in [-0.2, 0) is 0 Å². The van der Waals surface area contributed by atoms with Crippen LogP contribution in [0.5, 0.6) is 0 Å². The highest BCUT2D eigenvalue weighted by molar-refractivity contribution is 6.29. The number of hydrogen-bond donors (Lipinski definition) is 0. The van der Waals surface area contributed by atoms with Gasteiger partial charge in [0.15, 0.2) is 5.78 Å². The summed E-state index contributed by atoms with van der Waals surface area (Å²) in [5, 5.41) is 1.29. The summed E-state index contributed by atoms with van der Waals surface area (Å²) in [7, 11) is 0. The van der Waals surface area contributed by atoms with Gasteiger partial charge in [-0.25, -0.2) is 4.98 Å². The van der Waals surface area contributed by atoms with Crippen LogP contribution in [0.2, 0.25) is 5.15 Å². The number of benzene rings is 1. The number of ketones is 1. The molecule has 2 rings (SSSR count). The first kappa shape index (κ1) is 9.16. The predicted octanol–water partition coefficient (Wildman–Crippen LogP) is 3.09. The molecule has 0 atom stereocenters. The zero-order valence-corrected chi connectivity index (χ0v) is 8.38. The quantitative estimate of drug-likeness (QED) is 0.529. The number of hydrogen-bond acceptors (Lipinski definition) is 2. The Balaban J connectivity index is 2.81. The van der Waals surface area contributed by atoms with Crippen molar-refractivity contribution in [1.82, 2.24) is 4.98 Å². The lowest BCUT2D eigenvalue weighted by atomic mass is 10.1. The normalized spacial score (nSPS) is 10.4. The summed E-state index contributed by atoms with van der Waals surface area (Å²) < 4.78 is 0. The van der Waals surface area contributed by atoms with Gasteiger partial charge in [0.25, 0.3) is 0 Å². The van der Waals surface area contributed by atoms with Crippen molar-refractivity contribution in [2.75, 3.05) is 0 Å². The highest BCUT2D eigenvalue weighted by atomic mass is 35.5. The monoisotopic (exact) mass is 205 g/mol. The van der Waals surface area contributed by atoms with Crippen molar-refractivity contribution in [3.05, 3.63) is 41.0 Å². The first-order chi connectivity index (χ1) is 6.68. The van der Waals surface area contributed by atoms with Gasteiger partial charge in [0.2, 0.25) is 0 Å². The molecule has 0 bridgehead atoms. The first-order valence-electron chi connectivity index (χ1n) is 4.25. The second-order valence-electron chi connectivity index (χ2n) is 3.06. The van der Waals surface area contributed by atoms with E-state index in [-0.39, 0.29) is 5.78 Å². The summed E-state index contributed by atoms with van der Waals surface area (Å²) in [4.78, 5) is 15.4. The second-order valence-corrected chi connectivity index (χ2v) is 3.45. The van der Waals surface area contributed by atoms with Crippen LogP contribution in [-0.4, -0.2) is 10.8 Å². The molecule has 3 heteroatoms. The number of rotatable bonds is 1. The summed E-state index contributed by atoms with van der Waals surface area (Å²) in [6, 6.07) is 8.95. The van der Waals surface area contributed by atoms with Crippen LogP contribution in [0, 0.1) is 0 Å². The zero-order valence-electron chi connectivity index (χ0n) is 7.62. The van der Waals surface area contributed by atoms with Crippen LogP contribution >= 0.6 is 11.6 Å². The number of pyridine rings is 1. The number of carbonyl (C=O) groups excluding carboxylic acids is 1. The fraction of sp³-hybridized carbons (Fsp3) is 0.0909. The van der Waals surface area contributed by atoms with Gasteiger partial charge in [0.1, 0.15) is 5.15 Å². The van der Waals surface area contributed by atoms with E-state index in [0.29, 0.717) is 10.7 Å². The Kier molecular flexibility index (Phi) is 2.22. The average Bonchev–Trinajstić information content (AvgIpc) is 2.16. The molecule has 0 saturated carbocycles. The number of halogens is 1. The maximum Gasteiger partial charge on any atom is 0.160 e. The van der Waals surface area contributed by atoms with E-state index >= 15 is 0 Å². The number of carbonyl (C=O) groups is 1. The lowest BCUT2D eigenvalue weighted by Crippen LogP contribution is -1.94. The van der Waals surface area contributed by atoms with Gasteiger partial charge in [-0.05, 0) is 25.1 Å². The minimum absolute atomic E-state index is 0.0414. The molecule has 0 amide bonds. The van der Waals surface area contributed by atoms with Crippen LogP contribution in [0.15, 0.2) is 30.3 Å². The van der Waals surface area contributed by atoms with Crippen molar-refractivity contribution in [2.24, 2.45) is 0 Å². The number of aromatic nitrogens is 1. The Morgan fingerprint density at radius 2 is 2.07 bits per heavy atom. The molecule has 0 aliphatic carbocycles. The number of Topliss-reactive ketones (excluding diaryl/α,β-unsaturated/α-hetero) is 1. The van der Waals surface area contributed by atoms with Gasteiger partial charge in [-0.15, -0.1) is 0 Å². The Morgan fingerprint density at radius 3 is 2.79 bits per heavy atom. The van der Waals surface area contributed by atoms with Crippen LogP contribution in [0.4, 0.5) is 0 Å². The third kappa shape index (κ3) is 1.49. The van der Waals surface area contributed by atoms with Crippen LogP contribution < -0.4 is 0 Å². The zero-order chi connectivity index (χ0) is 10.1. The largest absolute Gasteiger partial charge is 0.294 e. The standard InChI is InChI=1S/C11H8ClNO/c1-7(14)8-3-2-4-10-9(8)5-6-11(12)13-10/h2-6H,1H3. The smallest absolute Gasteiger partial charge is 0.160 e. The first-order valence-corrected chi connectivity index (χ1v) is 4.62. The van der Waals surface area contributed by atoms with Crippen molar-refractivity contribution >= 4 is 28.3 Å². The van der Waals surface area contributed by atoms with Crippen molar-refractivity contribution < 1.29 is 4.79 Å². The molecule has 2 aromatic rings. The van der Waals surface area contributed by atoms with Crippen molar-refractivity contribution in [1.29, 1.82) is 0 Å². The summed E-state index contributed by atoms with van der Waals surface area (Å²) in [6.45, 7) is 1.55. The Bertz CT molecular complexity index is 508. The minimum Gasteiger partial charge on any atom is -0.294 e. The fourth-order valence-corrected chi connectivity index (χ4v) is 1.59. The Morgan fingerprint density at radius 1 is 1.29 bits per heavy atom. The van der Waals surface area contributed by atoms with Gasteiger partial charge in [-0.3, -0.25) is 4.79 Å². The maximum atomic E-state index is 11.3. The summed E-state index contributed by atoms with van der Waals surface area (Å²) in [5.41, 5.74) is 1.44. The van der Waals surface area contributed by atoms with E-state index in [2.05, 4.69) is 4.98 Å². The molecule has 0 radical (unpaired) electrons. The topological polar surface area (TPSA) is 30.0 Å². The third-order valence-electron chi connectivity index (χ3n) is 2.08. The van der Waals surface area contributed by atoms with E-state index in [1.807, 2.05) is 18.2 Å². The minimum atomic E-state index is 0.0414. The molecular weight excluding hydrogens is 198 g/mol. The van der Waals surface area contributed by atoms with Crippen molar-refractivity contribution in [2.45, 2.75) is 6.92 Å². The van der Waals surface area contributed by atoms with Gasteiger partial charge in [-0.1, -0.05) is 23.7 Å². The van der Waals surface area contributed by atoms with Gasteiger partial charge < -0.3 is 0 Å². The fourth-order valence-electron chi connectivity index (χ4n) is 1.44. The van der Waals surface area contributed by atoms with Crippen molar-refractivity contribution in [3.63, 3.8) is 0 Å². The van der Waals surface area contributed by atoms with Gasteiger partial charge in [-0.2, -0.15) is 0 Å². The van der Waals surface area contributed by atoms with Crippen molar-refractivity contribution in [3.8, 4) is 0 Å². The molecular formula is C11H8ClNO. The molecule has 2 nitrogen and oxygen atoms in total. The van der Waals surface area contributed by atoms with E-state index in [4.69, 9.17) is 11.6 Å². The Labute approximate surface area is 86.5 Å². The third-order valence-corrected chi connectivity index (χ3v) is 2.29. The molecule has 0 fully saturated rings. The maximum absolute atomic E-state index is 11.3. The molecule has 1 aromatic carbocycles. The SMILES string of the molecule is CC(=O)c1cccc2nc(Cl)ccc12. The Hall–Kier alpha value is -1.41. The molecule has 70 valence electrons. The van der Waals surface area contributed by atoms with Crippen LogP contribution in [0.3, 0.4) is 0 Å². The molecule has 0 saturated heterocycles. The van der Waals surface area contributed by atoms with Gasteiger partial charge >= 0.3 is 0 Å². The molecule has 0 aliphatic heterocycles. The van der Waals surface area contributed by atoms with Gasteiger partial charge in [0.05, 0.1) is 5.52 Å². The lowest BCUT2D eigenvalue weighted by molar-refractivity contribution is 0.101. The number of fused-ring (bicyclic) bond motifs is 1. The molecule has 0 N–H and O–H groups in total. The van der Waals surface area contributed by atoms with Crippen LogP contribution in [0.25, 0.3) is 10.9 Å². The lowest BCUT2D eigenvalue weighted by Gasteiger charge is -2.02. The predicted molar refractivity (Wildman–Crippen MR) is 56.8 cm³/mol. The van der Waals surface area contributed by atoms with E-state index < -0.39 is 0 Å². The van der Waals surface area contributed by atoms with Crippen LogP contribution in [0.1, 0.15) is 17.3 Å². The summed E-state index contributed by atoms with van der Waals surface area (Å²) >= 11 is 5.75. The molecule has 0 unspecified atom stereocenters. The highest BCUT2D eigenvalue weighted by Gasteiger charge is 2.05. The molecule has 1 aromatic heterocycles. The summed E-state index contributed by atoms with van der Waals surface area (Å²) in [6.07, 6.45) is 0. The van der Waals surface area contributed by atoms with E-state index in [1.54, 1.807) is 19.1 Å². The van der Waals surface area contributed by atoms with E-state index in [0.717, 1.165) is 10.9 Å². The second kappa shape index (κ2) is 3.39. The summed E-state index contributed by atoms with van der Waals surface area (Å²) in [5.74, 6) is 0.0414. The highest BCUT2D eigenvalue weighted by Crippen LogP contribution is 2.19. The molecule has 14 heavy (non-hydrogen) atoms. The van der Waals surface area contributed by atoms with E-state index in [1.165, 1.54) is 0 Å². The number of nitrogens with zero attached hydrogens (tertiary/aromatic N) is 1.